The fraction of sp³-hybridized carbons (Fsp3) is 0.444. The average molecular weight is 333 g/mol. The Morgan fingerprint density at radius 2 is 2.04 bits per heavy atom. The Labute approximate surface area is 140 Å². The van der Waals surface area contributed by atoms with E-state index in [4.69, 9.17) is 14.3 Å². The first-order valence-corrected chi connectivity index (χ1v) is 7.75. The molecule has 1 atom stereocenters. The fourth-order valence-corrected chi connectivity index (χ4v) is 2.59. The molecule has 1 aromatic heterocycles. The number of carbonyl (C=O) groups excluding carboxylic acids is 1. The number of nitrogens with one attached hydrogen (secondary N) is 1. The third-order valence-electron chi connectivity index (χ3n) is 4.13. The van der Waals surface area contributed by atoms with Gasteiger partial charge in [0.1, 0.15) is 17.1 Å². The molecule has 1 amide bonds. The number of carbonyl (C=O) groups is 2. The number of aliphatic carboxylic acids is 1. The normalized spacial score (nSPS) is 12.9. The van der Waals surface area contributed by atoms with E-state index in [1.807, 2.05) is 32.0 Å². The zero-order chi connectivity index (χ0) is 18.1. The van der Waals surface area contributed by atoms with Gasteiger partial charge in [-0.1, -0.05) is 0 Å². The molecule has 6 nitrogen and oxygen atoms in total. The second kappa shape index (κ2) is 6.55. The van der Waals surface area contributed by atoms with Crippen molar-refractivity contribution in [2.24, 2.45) is 5.41 Å². The molecule has 0 aliphatic rings. The maximum absolute atomic E-state index is 12.1. The second-order valence-corrected chi connectivity index (χ2v) is 6.61. The second-order valence-electron chi connectivity index (χ2n) is 6.61. The van der Waals surface area contributed by atoms with Crippen LogP contribution >= 0.6 is 0 Å². The highest BCUT2D eigenvalue weighted by Crippen LogP contribution is 2.32. The SMILES string of the molecule is COc1ccc2oc([C@H](C)NC(=O)CC(C)(C)C(=O)O)c(C)c2c1. The molecule has 2 aromatic rings. The lowest BCUT2D eigenvalue weighted by Gasteiger charge is -2.20. The van der Waals surface area contributed by atoms with Crippen LogP contribution < -0.4 is 10.1 Å². The number of fused-ring (bicyclic) bond motifs is 1. The molecule has 0 fully saturated rings. The van der Waals surface area contributed by atoms with E-state index in [1.165, 1.54) is 13.8 Å². The first-order valence-electron chi connectivity index (χ1n) is 7.75. The number of furan rings is 1. The summed E-state index contributed by atoms with van der Waals surface area (Å²) in [5, 5.41) is 12.9. The Morgan fingerprint density at radius 3 is 2.62 bits per heavy atom. The molecule has 0 saturated heterocycles. The van der Waals surface area contributed by atoms with E-state index in [0.717, 1.165) is 22.3 Å². The van der Waals surface area contributed by atoms with Crippen LogP contribution in [-0.4, -0.2) is 24.1 Å². The number of ether oxygens (including phenoxy) is 1. The summed E-state index contributed by atoms with van der Waals surface area (Å²) in [6, 6.07) is 5.17. The van der Waals surface area contributed by atoms with Gasteiger partial charge in [-0.3, -0.25) is 9.59 Å². The average Bonchev–Trinajstić information content (AvgIpc) is 2.83. The van der Waals surface area contributed by atoms with E-state index in [0.29, 0.717) is 5.76 Å². The summed E-state index contributed by atoms with van der Waals surface area (Å²) in [6.45, 7) is 6.79. The van der Waals surface area contributed by atoms with Crippen LogP contribution in [0.25, 0.3) is 11.0 Å². The largest absolute Gasteiger partial charge is 0.497 e. The maximum Gasteiger partial charge on any atom is 0.309 e. The third kappa shape index (κ3) is 3.53. The highest BCUT2D eigenvalue weighted by molar-refractivity contribution is 5.86. The lowest BCUT2D eigenvalue weighted by molar-refractivity contribution is -0.149. The van der Waals surface area contributed by atoms with Gasteiger partial charge >= 0.3 is 5.97 Å². The van der Waals surface area contributed by atoms with Crippen molar-refractivity contribution in [2.45, 2.75) is 40.2 Å². The van der Waals surface area contributed by atoms with Crippen molar-refractivity contribution in [3.8, 4) is 5.75 Å². The topological polar surface area (TPSA) is 88.8 Å². The van der Waals surface area contributed by atoms with Gasteiger partial charge in [-0.05, 0) is 45.9 Å². The van der Waals surface area contributed by atoms with E-state index in [-0.39, 0.29) is 18.4 Å². The molecule has 0 radical (unpaired) electrons. The van der Waals surface area contributed by atoms with Crippen molar-refractivity contribution in [1.82, 2.24) is 5.32 Å². The molecule has 1 aromatic carbocycles. The van der Waals surface area contributed by atoms with Gasteiger partial charge in [0.05, 0.1) is 18.6 Å². The highest BCUT2D eigenvalue weighted by atomic mass is 16.5. The van der Waals surface area contributed by atoms with Gasteiger partial charge in [0.2, 0.25) is 5.91 Å². The minimum absolute atomic E-state index is 0.0974. The molecule has 1 heterocycles. The van der Waals surface area contributed by atoms with Crippen LogP contribution in [0.3, 0.4) is 0 Å². The maximum atomic E-state index is 12.1. The molecule has 6 heteroatoms. The number of methoxy groups -OCH3 is 1. The number of carboxylic acids is 1. The Bertz CT molecular complexity index is 775. The van der Waals surface area contributed by atoms with E-state index in [9.17, 15) is 9.59 Å². The molecule has 0 saturated carbocycles. The Hall–Kier alpha value is -2.50. The van der Waals surface area contributed by atoms with E-state index >= 15 is 0 Å². The number of hydrogen-bond donors (Lipinski definition) is 2. The quantitative estimate of drug-likeness (QED) is 0.845. The number of hydrogen-bond acceptors (Lipinski definition) is 4. The van der Waals surface area contributed by atoms with Gasteiger partial charge < -0.3 is 19.6 Å². The lowest BCUT2D eigenvalue weighted by Crippen LogP contribution is -2.34. The van der Waals surface area contributed by atoms with Crippen molar-refractivity contribution in [3.05, 3.63) is 29.5 Å². The van der Waals surface area contributed by atoms with E-state index < -0.39 is 11.4 Å². The smallest absolute Gasteiger partial charge is 0.309 e. The highest BCUT2D eigenvalue weighted by Gasteiger charge is 2.31. The zero-order valence-corrected chi connectivity index (χ0v) is 14.6. The lowest BCUT2D eigenvalue weighted by atomic mass is 9.89. The van der Waals surface area contributed by atoms with Crippen LogP contribution in [0.4, 0.5) is 0 Å². The van der Waals surface area contributed by atoms with Crippen LogP contribution in [-0.2, 0) is 9.59 Å². The standard InChI is InChI=1S/C18H23NO5/c1-10-13-8-12(23-5)6-7-14(13)24-16(10)11(2)19-15(20)9-18(3,4)17(21)22/h6-8,11H,9H2,1-5H3,(H,19,20)(H,21,22)/t11-/m0/s1. The summed E-state index contributed by atoms with van der Waals surface area (Å²) in [7, 11) is 1.60. The van der Waals surface area contributed by atoms with Crippen LogP contribution in [0.5, 0.6) is 5.75 Å². The molecular weight excluding hydrogens is 310 g/mol. The van der Waals surface area contributed by atoms with Crippen LogP contribution in [0.1, 0.15) is 44.6 Å². The summed E-state index contributed by atoms with van der Waals surface area (Å²) < 4.78 is 11.1. The van der Waals surface area contributed by atoms with Gasteiger partial charge in [0.25, 0.3) is 0 Å². The molecule has 2 rings (SSSR count). The van der Waals surface area contributed by atoms with Gasteiger partial charge in [-0.15, -0.1) is 0 Å². The molecule has 2 N–H and O–H groups in total. The first kappa shape index (κ1) is 17.8. The van der Waals surface area contributed by atoms with Crippen molar-refractivity contribution < 1.29 is 23.8 Å². The van der Waals surface area contributed by atoms with Crippen molar-refractivity contribution in [3.63, 3.8) is 0 Å². The van der Waals surface area contributed by atoms with Gasteiger partial charge in [0.15, 0.2) is 0 Å². The summed E-state index contributed by atoms with van der Waals surface area (Å²) in [5.74, 6) is 0.0576. The Kier molecular flexibility index (Phi) is 4.87. The number of rotatable bonds is 6. The van der Waals surface area contributed by atoms with Crippen LogP contribution in [0, 0.1) is 12.3 Å². The summed E-state index contributed by atoms with van der Waals surface area (Å²) >= 11 is 0. The number of aryl methyl sites for hydroxylation is 1. The summed E-state index contributed by atoms with van der Waals surface area (Å²) in [6.07, 6.45) is -0.0974. The minimum atomic E-state index is -1.11. The molecule has 24 heavy (non-hydrogen) atoms. The summed E-state index contributed by atoms with van der Waals surface area (Å²) in [5.41, 5.74) is 0.532. The van der Waals surface area contributed by atoms with Gasteiger partial charge in [-0.2, -0.15) is 0 Å². The van der Waals surface area contributed by atoms with Crippen LogP contribution in [0.15, 0.2) is 22.6 Å². The molecule has 0 spiro atoms. The minimum Gasteiger partial charge on any atom is -0.497 e. The summed E-state index contributed by atoms with van der Waals surface area (Å²) in [4.78, 5) is 23.3. The molecule has 0 unspecified atom stereocenters. The van der Waals surface area contributed by atoms with Gasteiger partial charge in [-0.25, -0.2) is 0 Å². The molecular formula is C18H23NO5. The fourth-order valence-electron chi connectivity index (χ4n) is 2.59. The molecule has 0 aliphatic heterocycles. The third-order valence-corrected chi connectivity index (χ3v) is 4.13. The van der Waals surface area contributed by atoms with E-state index in [1.54, 1.807) is 7.11 Å². The predicted molar refractivity (Wildman–Crippen MR) is 90.1 cm³/mol. The zero-order valence-electron chi connectivity index (χ0n) is 14.6. The monoisotopic (exact) mass is 333 g/mol. The molecule has 0 bridgehead atoms. The van der Waals surface area contributed by atoms with Crippen molar-refractivity contribution >= 4 is 22.8 Å². The van der Waals surface area contributed by atoms with Crippen molar-refractivity contribution in [1.29, 1.82) is 0 Å². The number of amides is 1. The Balaban J connectivity index is 2.19. The number of benzene rings is 1. The van der Waals surface area contributed by atoms with Gasteiger partial charge in [0, 0.05) is 17.4 Å². The van der Waals surface area contributed by atoms with Crippen molar-refractivity contribution in [2.75, 3.05) is 7.11 Å². The molecule has 130 valence electrons. The predicted octanol–water partition coefficient (Wildman–Crippen LogP) is 3.43. The first-order chi connectivity index (χ1) is 11.2. The van der Waals surface area contributed by atoms with Crippen LogP contribution in [0.2, 0.25) is 0 Å². The van der Waals surface area contributed by atoms with E-state index in [2.05, 4.69) is 5.32 Å². The number of carboxylic acid groups (broad SMARTS) is 1. The molecule has 0 aliphatic carbocycles. The Morgan fingerprint density at radius 1 is 1.38 bits per heavy atom.